The molecule has 8 heteroatoms. The third kappa shape index (κ3) is 2.99. The molecule has 27 heavy (non-hydrogen) atoms. The van der Waals surface area contributed by atoms with Gasteiger partial charge >= 0.3 is 5.69 Å². The van der Waals surface area contributed by atoms with Gasteiger partial charge in [0.05, 0.1) is 18.8 Å². The molecule has 2 aliphatic rings. The average molecular weight is 389 g/mol. The van der Waals surface area contributed by atoms with Crippen molar-refractivity contribution in [2.45, 2.75) is 46.3 Å². The predicted molar refractivity (Wildman–Crippen MR) is 109 cm³/mol. The molecule has 2 aromatic rings. The molecule has 0 atom stereocenters. The Kier molecular flexibility index (Phi) is 4.60. The van der Waals surface area contributed by atoms with Crippen LogP contribution in [0.15, 0.2) is 28.0 Å². The fraction of sp³-hybridized carbons (Fsp3) is 0.526. The number of halogens is 1. The molecule has 0 saturated carbocycles. The number of hydrogen-bond donors (Lipinski definition) is 0. The highest BCUT2D eigenvalue weighted by molar-refractivity contribution is 6.31. The summed E-state index contributed by atoms with van der Waals surface area (Å²) in [5.41, 5.74) is 1.55. The highest BCUT2D eigenvalue weighted by Crippen LogP contribution is 2.31. The molecule has 2 aliphatic heterocycles. The van der Waals surface area contributed by atoms with Crippen molar-refractivity contribution in [3.8, 4) is 5.69 Å². The Morgan fingerprint density at radius 1 is 1.22 bits per heavy atom. The zero-order valence-electron chi connectivity index (χ0n) is 16.2. The van der Waals surface area contributed by atoms with Gasteiger partial charge in [0.25, 0.3) is 0 Å². The second-order valence-electron chi connectivity index (χ2n) is 7.58. The first kappa shape index (κ1) is 18.3. The smallest absolute Gasteiger partial charge is 0.297 e. The largest absolute Gasteiger partial charge is 0.352 e. The molecular formula is C19H25ClN6O. The van der Waals surface area contributed by atoms with E-state index in [2.05, 4.69) is 42.7 Å². The van der Waals surface area contributed by atoms with Crippen LogP contribution in [0.3, 0.4) is 0 Å². The molecule has 4 rings (SSSR count). The van der Waals surface area contributed by atoms with E-state index in [-0.39, 0.29) is 5.69 Å². The standard InChI is InChI=1S/C19H25ClN6O/c1-12(2)23(13(3)4)9-10-25-19(27)26-16-11-14(20)5-6-15(16)17-21-7-8-24(17)18(26)22-25/h5-6,11-13H,7-10H2,1-4H3. The molecule has 0 spiro atoms. The van der Waals surface area contributed by atoms with Gasteiger partial charge in [-0.3, -0.25) is 14.8 Å². The van der Waals surface area contributed by atoms with E-state index in [1.807, 2.05) is 23.1 Å². The van der Waals surface area contributed by atoms with Gasteiger partial charge in [-0.2, -0.15) is 0 Å². The van der Waals surface area contributed by atoms with Gasteiger partial charge in [-0.1, -0.05) is 11.6 Å². The molecule has 144 valence electrons. The number of fused-ring (bicyclic) bond motifs is 6. The normalized spacial score (nSPS) is 15.4. The van der Waals surface area contributed by atoms with Crippen LogP contribution in [-0.2, 0) is 6.54 Å². The van der Waals surface area contributed by atoms with Gasteiger partial charge in [0, 0.05) is 35.8 Å². The van der Waals surface area contributed by atoms with E-state index in [4.69, 9.17) is 11.6 Å². The number of aromatic nitrogens is 3. The predicted octanol–water partition coefficient (Wildman–Crippen LogP) is 2.39. The molecule has 1 aromatic carbocycles. The van der Waals surface area contributed by atoms with Crippen LogP contribution in [0.1, 0.15) is 33.3 Å². The molecule has 0 saturated heterocycles. The summed E-state index contributed by atoms with van der Waals surface area (Å²) in [5.74, 6) is 1.50. The van der Waals surface area contributed by atoms with Crippen LogP contribution >= 0.6 is 11.6 Å². The lowest BCUT2D eigenvalue weighted by atomic mass is 10.1. The van der Waals surface area contributed by atoms with E-state index in [0.29, 0.717) is 36.1 Å². The summed E-state index contributed by atoms with van der Waals surface area (Å²) in [7, 11) is 0. The van der Waals surface area contributed by atoms with E-state index >= 15 is 0 Å². The molecule has 0 unspecified atom stereocenters. The topological polar surface area (TPSA) is 58.7 Å². The third-order valence-electron chi connectivity index (χ3n) is 5.24. The van der Waals surface area contributed by atoms with E-state index < -0.39 is 0 Å². The van der Waals surface area contributed by atoms with Crippen molar-refractivity contribution < 1.29 is 0 Å². The lowest BCUT2D eigenvalue weighted by Gasteiger charge is -2.30. The van der Waals surface area contributed by atoms with Gasteiger partial charge < -0.3 is 0 Å². The molecule has 0 bridgehead atoms. The van der Waals surface area contributed by atoms with Crippen molar-refractivity contribution in [2.24, 2.45) is 4.99 Å². The zero-order chi connectivity index (χ0) is 19.3. The minimum absolute atomic E-state index is 0.132. The molecule has 0 amide bonds. The molecule has 1 aromatic heterocycles. The van der Waals surface area contributed by atoms with Crippen molar-refractivity contribution in [3.63, 3.8) is 0 Å². The van der Waals surface area contributed by atoms with Crippen LogP contribution in [0.25, 0.3) is 5.69 Å². The second-order valence-corrected chi connectivity index (χ2v) is 8.02. The van der Waals surface area contributed by atoms with E-state index in [1.165, 1.54) is 0 Å². The van der Waals surface area contributed by atoms with E-state index in [0.717, 1.165) is 30.2 Å². The number of anilines is 1. The maximum absolute atomic E-state index is 13.2. The zero-order valence-corrected chi connectivity index (χ0v) is 16.9. The quantitative estimate of drug-likeness (QED) is 0.789. The molecule has 0 radical (unpaired) electrons. The number of benzene rings is 1. The van der Waals surface area contributed by atoms with Gasteiger partial charge in [-0.25, -0.2) is 14.0 Å². The lowest BCUT2D eigenvalue weighted by Crippen LogP contribution is -2.40. The van der Waals surface area contributed by atoms with Crippen molar-refractivity contribution in [2.75, 3.05) is 24.5 Å². The second kappa shape index (κ2) is 6.80. The summed E-state index contributed by atoms with van der Waals surface area (Å²) >= 11 is 6.21. The Bertz CT molecular complexity index is 950. The number of hydrogen-bond acceptors (Lipinski definition) is 5. The molecule has 0 N–H and O–H groups in total. The highest BCUT2D eigenvalue weighted by atomic mass is 35.5. The van der Waals surface area contributed by atoms with Gasteiger partial charge in [0.1, 0.15) is 5.84 Å². The SMILES string of the molecule is CC(C)N(CCn1nc2n(c1=O)-c1cc(Cl)ccc1C1=NCCN12)C(C)C. The summed E-state index contributed by atoms with van der Waals surface area (Å²) in [6.07, 6.45) is 0. The number of aliphatic imine (C=N–C) groups is 1. The Morgan fingerprint density at radius 2 is 1.96 bits per heavy atom. The Labute approximate surface area is 163 Å². The number of nitrogens with zero attached hydrogens (tertiary/aromatic N) is 6. The number of amidine groups is 1. The van der Waals surface area contributed by atoms with Crippen LogP contribution in [-0.4, -0.2) is 56.8 Å². The Balaban J connectivity index is 1.75. The first-order valence-electron chi connectivity index (χ1n) is 9.46. The maximum atomic E-state index is 13.2. The van der Waals surface area contributed by atoms with Crippen LogP contribution in [0, 0.1) is 0 Å². The fourth-order valence-corrected chi connectivity index (χ4v) is 4.17. The first-order chi connectivity index (χ1) is 12.9. The van der Waals surface area contributed by atoms with Crippen LogP contribution in [0.4, 0.5) is 5.95 Å². The molecule has 3 heterocycles. The van der Waals surface area contributed by atoms with E-state index in [9.17, 15) is 4.79 Å². The Hall–Kier alpha value is -2.12. The van der Waals surface area contributed by atoms with Crippen LogP contribution < -0.4 is 10.6 Å². The minimum atomic E-state index is -0.132. The summed E-state index contributed by atoms with van der Waals surface area (Å²) in [5, 5.41) is 5.25. The van der Waals surface area contributed by atoms with Gasteiger partial charge in [-0.15, -0.1) is 5.10 Å². The molecule has 0 fully saturated rings. The molecular weight excluding hydrogens is 364 g/mol. The van der Waals surface area contributed by atoms with E-state index in [1.54, 1.807) is 9.25 Å². The summed E-state index contributed by atoms with van der Waals surface area (Å²) in [6, 6.07) is 6.41. The Morgan fingerprint density at radius 3 is 2.67 bits per heavy atom. The average Bonchev–Trinajstić information content (AvgIpc) is 3.20. The van der Waals surface area contributed by atoms with Crippen molar-refractivity contribution in [1.29, 1.82) is 0 Å². The summed E-state index contributed by atoms with van der Waals surface area (Å²) in [6.45, 7) is 11.4. The third-order valence-corrected chi connectivity index (χ3v) is 5.48. The molecule has 7 nitrogen and oxygen atoms in total. The first-order valence-corrected chi connectivity index (χ1v) is 9.84. The van der Waals surface area contributed by atoms with Crippen LogP contribution in [0.2, 0.25) is 5.02 Å². The maximum Gasteiger partial charge on any atom is 0.352 e. The number of rotatable bonds is 5. The van der Waals surface area contributed by atoms with Gasteiger partial charge in [0.2, 0.25) is 5.95 Å². The van der Waals surface area contributed by atoms with Crippen molar-refractivity contribution in [3.05, 3.63) is 39.3 Å². The van der Waals surface area contributed by atoms with Crippen molar-refractivity contribution >= 4 is 23.4 Å². The minimum Gasteiger partial charge on any atom is -0.297 e. The lowest BCUT2D eigenvalue weighted by molar-refractivity contribution is 0.165. The monoisotopic (exact) mass is 388 g/mol. The molecule has 0 aliphatic carbocycles. The van der Waals surface area contributed by atoms with Gasteiger partial charge in [0.15, 0.2) is 0 Å². The van der Waals surface area contributed by atoms with Gasteiger partial charge in [-0.05, 0) is 45.9 Å². The van der Waals surface area contributed by atoms with Crippen LogP contribution in [0.5, 0.6) is 0 Å². The summed E-state index contributed by atoms with van der Waals surface area (Å²) < 4.78 is 3.24. The summed E-state index contributed by atoms with van der Waals surface area (Å²) in [4.78, 5) is 22.2. The van der Waals surface area contributed by atoms with Crippen molar-refractivity contribution in [1.82, 2.24) is 19.2 Å². The fourth-order valence-electron chi connectivity index (χ4n) is 4.00. The highest BCUT2D eigenvalue weighted by Gasteiger charge is 2.34.